The number of hydrogen-bond donors (Lipinski definition) is 0. The molecule has 0 aliphatic rings. The van der Waals surface area contributed by atoms with Gasteiger partial charge in [0.25, 0.3) is 10.1 Å². The molecule has 0 saturated heterocycles. The van der Waals surface area contributed by atoms with Crippen LogP contribution in [-0.4, -0.2) is 15.0 Å². The summed E-state index contributed by atoms with van der Waals surface area (Å²) in [6, 6.07) is 12.4. The van der Waals surface area contributed by atoms with Crippen LogP contribution in [0.15, 0.2) is 53.4 Å². The van der Waals surface area contributed by atoms with E-state index in [9.17, 15) is 13.0 Å². The minimum absolute atomic E-state index is 0.0110. The minimum Gasteiger partial charge on any atom is -0.328 e. The topological polar surface area (TPSA) is 69.7 Å². The van der Waals surface area contributed by atoms with E-state index in [2.05, 4.69) is 0 Å². The fourth-order valence-corrected chi connectivity index (χ4v) is 3.95. The predicted octanol–water partition coefficient (Wildman–Crippen LogP) is 3.38. The molecule has 1 atom stereocenters. The molecule has 0 amide bonds. The van der Waals surface area contributed by atoms with Crippen LogP contribution in [-0.2, 0) is 30.0 Å². The first-order chi connectivity index (χ1) is 10.9. The predicted molar refractivity (Wildman–Crippen MR) is 90.1 cm³/mol. The van der Waals surface area contributed by atoms with Crippen molar-refractivity contribution < 1.29 is 21.7 Å². The number of rotatable bonds is 7. The largest absolute Gasteiger partial charge is 0.328 e. The summed E-state index contributed by atoms with van der Waals surface area (Å²) in [7, 11) is -6.35. The summed E-state index contributed by atoms with van der Waals surface area (Å²) >= 11 is 5.74. The third-order valence-electron chi connectivity index (χ3n) is 2.98. The van der Waals surface area contributed by atoms with Gasteiger partial charge in [-0.25, -0.2) is 0 Å². The first kappa shape index (κ1) is 18.2. The van der Waals surface area contributed by atoms with E-state index in [0.717, 1.165) is 0 Å². The molecule has 0 heterocycles. The molecule has 2 aromatic rings. The van der Waals surface area contributed by atoms with Crippen molar-refractivity contribution in [3.63, 3.8) is 0 Å². The van der Waals surface area contributed by atoms with Gasteiger partial charge in [0.15, 0.2) is 0 Å². The second kappa shape index (κ2) is 8.08. The van der Waals surface area contributed by atoms with Crippen LogP contribution in [0, 0.1) is 0 Å². The zero-order valence-corrected chi connectivity index (χ0v) is 14.9. The summed E-state index contributed by atoms with van der Waals surface area (Å²) < 4.78 is 46.5. The van der Waals surface area contributed by atoms with Gasteiger partial charge >= 0.3 is 0 Å². The summed E-state index contributed by atoms with van der Waals surface area (Å²) in [5.74, 6) is 0. The molecule has 2 rings (SSSR count). The quantitative estimate of drug-likeness (QED) is 0.549. The molecule has 0 saturated carbocycles. The highest BCUT2D eigenvalue weighted by molar-refractivity contribution is 7.86. The van der Waals surface area contributed by atoms with Gasteiger partial charge in [-0.2, -0.15) is 8.42 Å². The summed E-state index contributed by atoms with van der Waals surface area (Å²) in [6.07, 6.45) is 0. The molecule has 2 aromatic carbocycles. The molecule has 0 spiro atoms. The average Bonchev–Trinajstić information content (AvgIpc) is 2.54. The van der Waals surface area contributed by atoms with E-state index in [1.165, 1.54) is 24.3 Å². The highest BCUT2D eigenvalue weighted by atomic mass is 35.5. The highest BCUT2D eigenvalue weighted by Gasteiger charge is 2.17. The Labute approximate surface area is 141 Å². The van der Waals surface area contributed by atoms with Crippen molar-refractivity contribution in [2.75, 3.05) is 6.61 Å². The fourth-order valence-electron chi connectivity index (χ4n) is 1.86. The maximum absolute atomic E-state index is 12.2. The number of benzene rings is 2. The lowest BCUT2D eigenvalue weighted by atomic mass is 10.2. The van der Waals surface area contributed by atoms with Crippen molar-refractivity contribution in [1.82, 2.24) is 0 Å². The first-order valence-corrected chi connectivity index (χ1v) is 9.94. The summed E-state index contributed by atoms with van der Waals surface area (Å²) in [5.41, 5.74) is 0.516. The molecule has 8 heteroatoms. The molecule has 23 heavy (non-hydrogen) atoms. The highest BCUT2D eigenvalue weighted by Crippen LogP contribution is 2.24. The van der Waals surface area contributed by atoms with Gasteiger partial charge in [-0.1, -0.05) is 29.8 Å². The summed E-state index contributed by atoms with van der Waals surface area (Å²) in [5, 5.41) is 0.898. The minimum atomic E-state index is -3.92. The zero-order valence-electron chi connectivity index (χ0n) is 12.4. The summed E-state index contributed by atoms with van der Waals surface area (Å²) in [4.78, 5) is 0.0110. The van der Waals surface area contributed by atoms with Crippen LogP contribution < -0.4 is 5.30 Å². The second-order valence-corrected chi connectivity index (χ2v) is 8.00. The number of hydrogen-bond acceptors (Lipinski definition) is 5. The van der Waals surface area contributed by atoms with Gasteiger partial charge in [0.2, 0.25) is 8.03 Å². The second-order valence-electron chi connectivity index (χ2n) is 4.55. The smallest absolute Gasteiger partial charge is 0.297 e. The Bertz CT molecular complexity index is 790. The van der Waals surface area contributed by atoms with Gasteiger partial charge in [-0.3, -0.25) is 8.75 Å². The Kier molecular flexibility index (Phi) is 6.39. The Morgan fingerprint density at radius 1 is 1.09 bits per heavy atom. The molecular weight excluding hydrogens is 359 g/mol. The van der Waals surface area contributed by atoms with Gasteiger partial charge in [0.1, 0.15) is 0 Å². The van der Waals surface area contributed by atoms with Crippen molar-refractivity contribution in [2.24, 2.45) is 0 Å². The zero-order chi connectivity index (χ0) is 16.9. The summed E-state index contributed by atoms with van der Waals surface area (Å²) in [6.45, 7) is 1.84. The third kappa shape index (κ3) is 4.90. The van der Waals surface area contributed by atoms with Crippen molar-refractivity contribution in [3.8, 4) is 0 Å². The van der Waals surface area contributed by atoms with Gasteiger partial charge in [0, 0.05) is 10.3 Å². The van der Waals surface area contributed by atoms with Crippen LogP contribution in [0.25, 0.3) is 0 Å². The van der Waals surface area contributed by atoms with Crippen LogP contribution in [0.2, 0.25) is 5.02 Å². The van der Waals surface area contributed by atoms with E-state index in [4.69, 9.17) is 20.3 Å². The first-order valence-electron chi connectivity index (χ1n) is 6.84. The van der Waals surface area contributed by atoms with Crippen LogP contribution in [0.4, 0.5) is 0 Å². The van der Waals surface area contributed by atoms with Crippen LogP contribution in [0.5, 0.6) is 0 Å². The van der Waals surface area contributed by atoms with Crippen molar-refractivity contribution >= 4 is 35.1 Å². The Balaban J connectivity index is 2.17. The van der Waals surface area contributed by atoms with Crippen molar-refractivity contribution in [1.29, 1.82) is 0 Å². The molecule has 124 valence electrons. The van der Waals surface area contributed by atoms with E-state index in [0.29, 0.717) is 22.5 Å². The fraction of sp³-hybridized carbons (Fsp3) is 0.200. The van der Waals surface area contributed by atoms with Gasteiger partial charge in [0.05, 0.1) is 18.1 Å². The Morgan fingerprint density at radius 3 is 2.39 bits per heavy atom. The van der Waals surface area contributed by atoms with Crippen LogP contribution in [0.1, 0.15) is 12.5 Å². The van der Waals surface area contributed by atoms with Gasteiger partial charge in [-0.05, 0) is 42.8 Å². The maximum Gasteiger partial charge on any atom is 0.297 e. The van der Waals surface area contributed by atoms with Crippen LogP contribution >= 0.6 is 19.6 Å². The SMILES string of the molecule is CCO[PH](=O)c1ccccc1COS(=O)(=O)c1ccc(Cl)cc1. The standard InChI is InChI=1S/C15H16ClO5PS/c1-2-20-22(17)15-6-4-3-5-12(15)11-21-23(18,19)14-9-7-13(16)8-10-14/h3-10,22H,2,11H2,1H3. The molecule has 0 aliphatic carbocycles. The molecule has 0 aliphatic heterocycles. The van der Waals surface area contributed by atoms with E-state index < -0.39 is 18.1 Å². The monoisotopic (exact) mass is 374 g/mol. The Hall–Kier alpha value is -1.17. The van der Waals surface area contributed by atoms with Gasteiger partial charge < -0.3 is 4.52 Å². The molecule has 0 N–H and O–H groups in total. The van der Waals surface area contributed by atoms with E-state index in [1.54, 1.807) is 31.2 Å². The third-order valence-corrected chi connectivity index (χ3v) is 5.99. The lowest BCUT2D eigenvalue weighted by Gasteiger charge is -2.10. The van der Waals surface area contributed by atoms with Crippen molar-refractivity contribution in [2.45, 2.75) is 18.4 Å². The molecule has 0 radical (unpaired) electrons. The Morgan fingerprint density at radius 2 is 1.74 bits per heavy atom. The number of halogens is 1. The lowest BCUT2D eigenvalue weighted by Crippen LogP contribution is -2.12. The molecular formula is C15H16ClO5PS. The molecule has 0 bridgehead atoms. The van der Waals surface area contributed by atoms with E-state index >= 15 is 0 Å². The average molecular weight is 375 g/mol. The van der Waals surface area contributed by atoms with Crippen LogP contribution in [0.3, 0.4) is 0 Å². The van der Waals surface area contributed by atoms with Gasteiger partial charge in [-0.15, -0.1) is 0 Å². The molecule has 0 fully saturated rings. The van der Waals surface area contributed by atoms with E-state index in [1.807, 2.05) is 0 Å². The van der Waals surface area contributed by atoms with E-state index in [-0.39, 0.29) is 11.5 Å². The maximum atomic E-state index is 12.2. The molecule has 1 unspecified atom stereocenters. The normalized spacial score (nSPS) is 13.0. The molecule has 5 nitrogen and oxygen atoms in total. The molecule has 0 aromatic heterocycles. The van der Waals surface area contributed by atoms with Crippen molar-refractivity contribution in [3.05, 3.63) is 59.1 Å². The lowest BCUT2D eigenvalue weighted by molar-refractivity contribution is 0.308.